The number of piperidine rings is 1. The Hall–Kier alpha value is -0.860. The summed E-state index contributed by atoms with van der Waals surface area (Å²) in [5.41, 5.74) is 6.26. The van der Waals surface area contributed by atoms with Crippen molar-refractivity contribution in [3.8, 4) is 0 Å². The van der Waals surface area contributed by atoms with Crippen LogP contribution in [0.5, 0.6) is 0 Å². The van der Waals surface area contributed by atoms with Crippen LogP contribution >= 0.6 is 24.8 Å². The molecule has 9 heteroatoms. The summed E-state index contributed by atoms with van der Waals surface area (Å²) in [7, 11) is -3.48. The fraction of sp³-hybridized carbons (Fsp3) is 0.562. The number of nitrogens with one attached hydrogen (secondary N) is 2. The third kappa shape index (κ3) is 5.56. The van der Waals surface area contributed by atoms with Crippen LogP contribution in [0, 0.1) is 11.8 Å². The summed E-state index contributed by atoms with van der Waals surface area (Å²) in [5.74, 6) is 0.106. The van der Waals surface area contributed by atoms with Gasteiger partial charge in [-0.15, -0.1) is 24.8 Å². The minimum Gasteiger partial charge on any atom is -0.369 e. The second-order valence-corrected chi connectivity index (χ2v) is 8.25. The Bertz CT molecular complexity index is 676. The Morgan fingerprint density at radius 3 is 2.44 bits per heavy atom. The van der Waals surface area contributed by atoms with Crippen molar-refractivity contribution in [1.82, 2.24) is 10.0 Å². The average molecular weight is 410 g/mol. The molecular formula is C16H25Cl2N3O3S. The van der Waals surface area contributed by atoms with Gasteiger partial charge in [-0.1, -0.05) is 12.1 Å². The molecule has 0 radical (unpaired) electrons. The summed E-state index contributed by atoms with van der Waals surface area (Å²) in [5, 5.41) is 3.28. The van der Waals surface area contributed by atoms with Gasteiger partial charge in [-0.2, -0.15) is 0 Å². The molecule has 4 N–H and O–H groups in total. The molecule has 1 aliphatic carbocycles. The van der Waals surface area contributed by atoms with E-state index in [1.807, 2.05) is 0 Å². The fourth-order valence-corrected chi connectivity index (χ4v) is 4.30. The molecule has 2 fully saturated rings. The zero-order valence-electron chi connectivity index (χ0n) is 13.8. The maximum absolute atomic E-state index is 12.3. The summed E-state index contributed by atoms with van der Waals surface area (Å²) in [6.45, 7) is 2.33. The van der Waals surface area contributed by atoms with Gasteiger partial charge in [-0.3, -0.25) is 4.79 Å². The normalized spacial score (nSPS) is 25.4. The number of carbonyl (C=O) groups is 1. The summed E-state index contributed by atoms with van der Waals surface area (Å²) in [4.78, 5) is 11.4. The van der Waals surface area contributed by atoms with E-state index in [-0.39, 0.29) is 47.5 Å². The predicted octanol–water partition coefficient (Wildman–Crippen LogP) is 1.40. The second-order valence-electron chi connectivity index (χ2n) is 6.48. The van der Waals surface area contributed by atoms with E-state index in [4.69, 9.17) is 5.73 Å². The number of hydrogen-bond acceptors (Lipinski definition) is 4. The van der Waals surface area contributed by atoms with Gasteiger partial charge in [0.2, 0.25) is 15.9 Å². The summed E-state index contributed by atoms with van der Waals surface area (Å²) < 4.78 is 27.4. The van der Waals surface area contributed by atoms with E-state index >= 15 is 0 Å². The molecule has 2 aliphatic rings. The molecule has 0 bridgehead atoms. The number of rotatable bonds is 6. The van der Waals surface area contributed by atoms with Crippen LogP contribution in [0.25, 0.3) is 0 Å². The SMILES string of the molecule is Cl.Cl.NC(=O)C1CC1c1ccc(S(=O)(=O)NC[C@H]2CCCNC2)cc1. The lowest BCUT2D eigenvalue weighted by molar-refractivity contribution is -0.119. The number of halogens is 2. The van der Waals surface area contributed by atoms with Gasteiger partial charge in [0.15, 0.2) is 0 Å². The van der Waals surface area contributed by atoms with E-state index in [0.29, 0.717) is 12.5 Å². The number of carbonyl (C=O) groups excluding carboxylic acids is 1. The van der Waals surface area contributed by atoms with Gasteiger partial charge < -0.3 is 11.1 Å². The Morgan fingerprint density at radius 2 is 1.92 bits per heavy atom. The quantitative estimate of drug-likeness (QED) is 0.660. The zero-order valence-corrected chi connectivity index (χ0v) is 16.3. The molecule has 1 heterocycles. The van der Waals surface area contributed by atoms with Gasteiger partial charge in [0.1, 0.15) is 0 Å². The van der Waals surface area contributed by atoms with E-state index in [0.717, 1.165) is 37.9 Å². The lowest BCUT2D eigenvalue weighted by Gasteiger charge is -2.22. The molecule has 1 amide bonds. The Balaban J connectivity index is 0.00000156. The van der Waals surface area contributed by atoms with Gasteiger partial charge in [0.25, 0.3) is 0 Å². The van der Waals surface area contributed by atoms with Crippen molar-refractivity contribution in [2.75, 3.05) is 19.6 Å². The van der Waals surface area contributed by atoms with Crippen LogP contribution in [-0.4, -0.2) is 34.0 Å². The molecule has 1 saturated carbocycles. The highest BCUT2D eigenvalue weighted by molar-refractivity contribution is 7.89. The zero-order chi connectivity index (χ0) is 16.4. The first-order chi connectivity index (χ1) is 11.0. The van der Waals surface area contributed by atoms with Crippen molar-refractivity contribution >= 4 is 40.7 Å². The van der Waals surface area contributed by atoms with Crippen molar-refractivity contribution in [2.24, 2.45) is 17.6 Å². The predicted molar refractivity (Wildman–Crippen MR) is 102 cm³/mol. The average Bonchev–Trinajstić information content (AvgIpc) is 3.35. The maximum atomic E-state index is 12.3. The number of amides is 1. The van der Waals surface area contributed by atoms with Crippen LogP contribution in [0.4, 0.5) is 0 Å². The van der Waals surface area contributed by atoms with Crippen LogP contribution < -0.4 is 15.8 Å². The van der Waals surface area contributed by atoms with Crippen molar-refractivity contribution < 1.29 is 13.2 Å². The molecular weight excluding hydrogens is 385 g/mol. The minimum absolute atomic E-state index is 0. The standard InChI is InChI=1S/C16H23N3O3S.2ClH/c17-16(20)15-8-14(15)12-3-5-13(6-4-12)23(21,22)19-10-11-2-1-7-18-9-11;;/h3-6,11,14-15,18-19H,1-2,7-10H2,(H2,17,20);2*1H/t11-,14?,15?;;/m0../s1. The molecule has 0 spiro atoms. The largest absolute Gasteiger partial charge is 0.369 e. The van der Waals surface area contributed by atoms with Gasteiger partial charge in [0.05, 0.1) is 4.90 Å². The van der Waals surface area contributed by atoms with Crippen LogP contribution in [-0.2, 0) is 14.8 Å². The Kier molecular flexibility index (Phi) is 8.15. The molecule has 142 valence electrons. The summed E-state index contributed by atoms with van der Waals surface area (Å²) in [6.07, 6.45) is 2.89. The smallest absolute Gasteiger partial charge is 0.240 e. The van der Waals surface area contributed by atoms with Crippen molar-refractivity contribution in [2.45, 2.75) is 30.1 Å². The molecule has 3 rings (SSSR count). The summed E-state index contributed by atoms with van der Waals surface area (Å²) in [6, 6.07) is 6.77. The molecule has 25 heavy (non-hydrogen) atoms. The highest BCUT2D eigenvalue weighted by Gasteiger charge is 2.42. The van der Waals surface area contributed by atoms with Gasteiger partial charge in [-0.05, 0) is 61.9 Å². The molecule has 0 aromatic heterocycles. The third-order valence-electron chi connectivity index (χ3n) is 4.74. The Labute approximate surface area is 161 Å². The number of benzene rings is 1. The van der Waals surface area contributed by atoms with Crippen LogP contribution in [0.15, 0.2) is 29.2 Å². The van der Waals surface area contributed by atoms with E-state index in [1.54, 1.807) is 24.3 Å². The lowest BCUT2D eigenvalue weighted by Crippen LogP contribution is -2.38. The molecule has 1 aromatic carbocycles. The van der Waals surface area contributed by atoms with Crippen molar-refractivity contribution in [3.63, 3.8) is 0 Å². The van der Waals surface area contributed by atoms with E-state index in [9.17, 15) is 13.2 Å². The maximum Gasteiger partial charge on any atom is 0.240 e. The number of sulfonamides is 1. The van der Waals surface area contributed by atoms with E-state index in [2.05, 4.69) is 10.0 Å². The van der Waals surface area contributed by atoms with Gasteiger partial charge in [0, 0.05) is 12.5 Å². The van der Waals surface area contributed by atoms with Gasteiger partial charge >= 0.3 is 0 Å². The van der Waals surface area contributed by atoms with E-state index in [1.165, 1.54) is 0 Å². The number of hydrogen-bond donors (Lipinski definition) is 3. The second kappa shape index (κ2) is 9.19. The lowest BCUT2D eigenvalue weighted by atomic mass is 10.0. The Morgan fingerprint density at radius 1 is 1.24 bits per heavy atom. The highest BCUT2D eigenvalue weighted by atomic mass is 35.5. The van der Waals surface area contributed by atoms with Crippen molar-refractivity contribution in [3.05, 3.63) is 29.8 Å². The first-order valence-corrected chi connectivity index (χ1v) is 9.55. The molecule has 1 aliphatic heterocycles. The first-order valence-electron chi connectivity index (χ1n) is 8.07. The van der Waals surface area contributed by atoms with Crippen molar-refractivity contribution in [1.29, 1.82) is 0 Å². The third-order valence-corrected chi connectivity index (χ3v) is 6.17. The van der Waals surface area contributed by atoms with E-state index < -0.39 is 10.0 Å². The molecule has 6 nitrogen and oxygen atoms in total. The summed E-state index contributed by atoms with van der Waals surface area (Å²) >= 11 is 0. The molecule has 1 saturated heterocycles. The van der Waals surface area contributed by atoms with Crippen LogP contribution in [0.1, 0.15) is 30.7 Å². The van der Waals surface area contributed by atoms with Crippen LogP contribution in [0.3, 0.4) is 0 Å². The topological polar surface area (TPSA) is 101 Å². The van der Waals surface area contributed by atoms with Crippen LogP contribution in [0.2, 0.25) is 0 Å². The first kappa shape index (κ1) is 22.2. The monoisotopic (exact) mass is 409 g/mol. The molecule has 1 aromatic rings. The highest BCUT2D eigenvalue weighted by Crippen LogP contribution is 2.47. The molecule has 3 atom stereocenters. The fourth-order valence-electron chi connectivity index (χ4n) is 3.18. The number of primary amides is 1. The number of nitrogens with two attached hydrogens (primary N) is 1. The molecule has 2 unspecified atom stereocenters. The van der Waals surface area contributed by atoms with Gasteiger partial charge in [-0.25, -0.2) is 13.1 Å². The minimum atomic E-state index is -3.48.